The first-order valence-electron chi connectivity index (χ1n) is 10.6. The van der Waals surface area contributed by atoms with E-state index in [1.165, 1.54) is 77.0 Å². The summed E-state index contributed by atoms with van der Waals surface area (Å²) in [6.07, 6.45) is 18.8. The molecule has 0 aliphatic carbocycles. The Morgan fingerprint density at radius 2 is 1.11 bits per heavy atom. The fraction of sp³-hybridized carbons (Fsp3) is 0.950. The summed E-state index contributed by atoms with van der Waals surface area (Å²) in [6.45, 7) is 1.72. The van der Waals surface area contributed by atoms with Crippen molar-refractivity contribution in [3.63, 3.8) is 0 Å². The van der Waals surface area contributed by atoms with E-state index in [0.717, 1.165) is 12.8 Å². The maximum atomic E-state index is 11.4. The molecule has 0 saturated carbocycles. The van der Waals surface area contributed by atoms with E-state index in [4.69, 9.17) is 5.11 Å². The van der Waals surface area contributed by atoms with Gasteiger partial charge in [0.05, 0.1) is 6.61 Å². The zero-order valence-corrected chi connectivity index (χ0v) is 20.5. The maximum Gasteiger partial charge on any atom is 0.322 e. The summed E-state index contributed by atoms with van der Waals surface area (Å²) < 4.78 is 26.8. The molecule has 0 atom stereocenters. The second-order valence-corrected chi connectivity index (χ2v) is 8.83. The average Bonchev–Trinajstić information content (AvgIpc) is 2.57. The summed E-state index contributed by atoms with van der Waals surface area (Å²) in [5.41, 5.74) is 0. The minimum absolute atomic E-state index is 0. The number of unbranched alkanes of at least 4 members (excludes halogenated alkanes) is 14. The van der Waals surface area contributed by atoms with Gasteiger partial charge in [0.25, 0.3) is 0 Å². The van der Waals surface area contributed by atoms with Crippen molar-refractivity contribution >= 4 is 45.6 Å². The van der Waals surface area contributed by atoms with Crippen LogP contribution >= 0.6 is 0 Å². The summed E-state index contributed by atoms with van der Waals surface area (Å²) in [4.78, 5) is 11.4. The smallest absolute Gasteiger partial charge is 0.322 e. The second kappa shape index (κ2) is 21.1. The molecule has 0 rings (SSSR count). The van der Waals surface area contributed by atoms with Crippen LogP contribution in [0.4, 0.5) is 0 Å². The van der Waals surface area contributed by atoms with Crippen LogP contribution in [0.2, 0.25) is 0 Å². The number of carbonyl (C=O) groups excluding carboxylic acids is 1. The Hall–Kier alpha value is 0.380. The Balaban J connectivity index is 0. The Morgan fingerprint density at radius 1 is 0.741 bits per heavy atom. The van der Waals surface area contributed by atoms with Crippen molar-refractivity contribution in [1.29, 1.82) is 0 Å². The van der Waals surface area contributed by atoms with E-state index in [-0.39, 0.29) is 36.0 Å². The van der Waals surface area contributed by atoms with Gasteiger partial charge in [-0.15, -0.1) is 0 Å². The molecular formula is C20H40NaO5S. The number of aliphatic hydroxyl groups excluding tert-OH is 1. The van der Waals surface area contributed by atoms with Gasteiger partial charge in [0.1, 0.15) is 5.75 Å². The Kier molecular flexibility index (Phi) is 23.1. The summed E-state index contributed by atoms with van der Waals surface area (Å²) >= 11 is 0. The zero-order chi connectivity index (χ0) is 19.5. The van der Waals surface area contributed by atoms with E-state index >= 15 is 0 Å². The van der Waals surface area contributed by atoms with Crippen LogP contribution < -0.4 is 0 Å². The second-order valence-electron chi connectivity index (χ2n) is 7.14. The predicted octanol–water partition coefficient (Wildman–Crippen LogP) is 4.73. The summed E-state index contributed by atoms with van der Waals surface area (Å²) in [7, 11) is -3.90. The molecule has 0 unspecified atom stereocenters. The SMILES string of the molecule is CCCCCCCCCCCCCCCCCC(=O)OS(=O)(=O)CCO.[Na]. The van der Waals surface area contributed by atoms with Gasteiger partial charge in [-0.25, -0.2) is 0 Å². The molecule has 157 valence electrons. The topological polar surface area (TPSA) is 80.7 Å². The fourth-order valence-electron chi connectivity index (χ4n) is 2.98. The van der Waals surface area contributed by atoms with Gasteiger partial charge in [-0.1, -0.05) is 96.8 Å². The van der Waals surface area contributed by atoms with E-state index in [9.17, 15) is 13.2 Å². The predicted molar refractivity (Wildman–Crippen MR) is 112 cm³/mol. The third kappa shape index (κ3) is 22.5. The van der Waals surface area contributed by atoms with Crippen molar-refractivity contribution in [2.45, 2.75) is 110 Å². The van der Waals surface area contributed by atoms with Crippen molar-refractivity contribution in [3.05, 3.63) is 0 Å². The molecule has 27 heavy (non-hydrogen) atoms. The molecule has 1 N–H and O–H groups in total. The minimum atomic E-state index is -3.90. The molecule has 1 radical (unpaired) electrons. The van der Waals surface area contributed by atoms with Gasteiger partial charge in [-0.05, 0) is 6.42 Å². The van der Waals surface area contributed by atoms with E-state index in [0.29, 0.717) is 6.42 Å². The Morgan fingerprint density at radius 3 is 1.48 bits per heavy atom. The van der Waals surface area contributed by atoms with Crippen LogP contribution in [0.25, 0.3) is 0 Å². The first-order valence-corrected chi connectivity index (χ1v) is 12.2. The van der Waals surface area contributed by atoms with Gasteiger partial charge >= 0.3 is 16.1 Å². The van der Waals surface area contributed by atoms with Crippen molar-refractivity contribution in [2.24, 2.45) is 0 Å². The first kappa shape index (κ1) is 29.6. The third-order valence-corrected chi connectivity index (χ3v) is 5.67. The van der Waals surface area contributed by atoms with Crippen molar-refractivity contribution in [2.75, 3.05) is 12.4 Å². The number of hydrogen-bond donors (Lipinski definition) is 1. The fourth-order valence-corrected chi connectivity index (χ4v) is 3.65. The van der Waals surface area contributed by atoms with E-state index in [1.807, 2.05) is 0 Å². The molecule has 0 spiro atoms. The summed E-state index contributed by atoms with van der Waals surface area (Å²) in [5, 5.41) is 8.56. The minimum Gasteiger partial charge on any atom is -0.395 e. The largest absolute Gasteiger partial charge is 0.395 e. The molecule has 0 fully saturated rings. The normalized spacial score (nSPS) is 11.2. The van der Waals surface area contributed by atoms with Crippen molar-refractivity contribution < 1.29 is 22.5 Å². The van der Waals surface area contributed by atoms with Crippen LogP contribution in [0.5, 0.6) is 0 Å². The van der Waals surface area contributed by atoms with Crippen LogP contribution in [0.1, 0.15) is 110 Å². The molecule has 0 amide bonds. The van der Waals surface area contributed by atoms with Crippen LogP contribution in [0.15, 0.2) is 0 Å². The first-order chi connectivity index (χ1) is 12.5. The van der Waals surface area contributed by atoms with E-state index in [2.05, 4.69) is 11.1 Å². The van der Waals surface area contributed by atoms with Gasteiger partial charge in [-0.3, -0.25) is 4.79 Å². The van der Waals surface area contributed by atoms with Gasteiger partial charge < -0.3 is 9.29 Å². The summed E-state index contributed by atoms with van der Waals surface area (Å²) in [6, 6.07) is 0. The summed E-state index contributed by atoms with van der Waals surface area (Å²) in [5.74, 6) is -1.24. The molecule has 5 nitrogen and oxygen atoms in total. The van der Waals surface area contributed by atoms with Crippen molar-refractivity contribution in [3.8, 4) is 0 Å². The zero-order valence-electron chi connectivity index (χ0n) is 17.7. The number of carbonyl (C=O) groups is 1. The molecule has 0 heterocycles. The number of aliphatic hydroxyl groups is 1. The monoisotopic (exact) mass is 415 g/mol. The molecule has 0 saturated heterocycles. The molecule has 0 bridgehead atoms. The molecule has 0 aromatic carbocycles. The Bertz CT molecular complexity index is 426. The number of rotatable bonds is 19. The van der Waals surface area contributed by atoms with Crippen LogP contribution in [-0.2, 0) is 19.1 Å². The van der Waals surface area contributed by atoms with Gasteiger partial charge in [0.2, 0.25) is 0 Å². The molecule has 0 aromatic heterocycles. The van der Waals surface area contributed by atoms with Crippen LogP contribution in [0.3, 0.4) is 0 Å². The van der Waals surface area contributed by atoms with Crippen LogP contribution in [0, 0.1) is 0 Å². The van der Waals surface area contributed by atoms with E-state index < -0.39 is 28.4 Å². The van der Waals surface area contributed by atoms with E-state index in [1.54, 1.807) is 0 Å². The standard InChI is InChI=1S/C20H40O5S.Na/c1-2-3-4-5-6-7-8-9-10-11-12-13-14-15-16-17-20(22)25-26(23,24)19-18-21;/h21H,2-19H2,1H3;. The molecule has 0 aliphatic rings. The average molecular weight is 416 g/mol. The molecule has 0 aromatic rings. The maximum absolute atomic E-state index is 11.4. The molecular weight excluding hydrogens is 375 g/mol. The quantitative estimate of drug-likeness (QED) is 0.187. The molecule has 7 heteroatoms. The number of hydrogen-bond acceptors (Lipinski definition) is 5. The van der Waals surface area contributed by atoms with Crippen molar-refractivity contribution in [1.82, 2.24) is 0 Å². The third-order valence-electron chi connectivity index (χ3n) is 4.55. The Labute approximate surface area is 189 Å². The van der Waals surface area contributed by atoms with Gasteiger partial charge in [0.15, 0.2) is 0 Å². The van der Waals surface area contributed by atoms with Gasteiger partial charge in [-0.2, -0.15) is 8.42 Å². The van der Waals surface area contributed by atoms with Crippen LogP contribution in [-0.4, -0.2) is 61.4 Å². The van der Waals surface area contributed by atoms with Gasteiger partial charge in [0, 0.05) is 36.0 Å². The molecule has 0 aliphatic heterocycles.